The number of anilines is 1. The van der Waals surface area contributed by atoms with Crippen molar-refractivity contribution in [1.29, 1.82) is 0 Å². The van der Waals surface area contributed by atoms with E-state index >= 15 is 0 Å². The van der Waals surface area contributed by atoms with Crippen LogP contribution in [0.1, 0.15) is 117 Å². The monoisotopic (exact) mass is 1220 g/mol. The number of aromatic carboxylic acids is 4. The minimum atomic E-state index is -3.60. The van der Waals surface area contributed by atoms with Crippen LogP contribution in [0.25, 0.3) is 0 Å². The molecule has 0 saturated carbocycles. The van der Waals surface area contributed by atoms with E-state index in [2.05, 4.69) is 27.5 Å². The first-order valence-electron chi connectivity index (χ1n) is 23.6. The van der Waals surface area contributed by atoms with Gasteiger partial charge in [0.25, 0.3) is 0 Å². The van der Waals surface area contributed by atoms with Gasteiger partial charge in [-0.2, -0.15) is 0 Å². The molecule has 3 aromatic rings. The maximum Gasteiger partial charge on any atom is 0.335 e. The molecule has 0 aliphatic carbocycles. The highest BCUT2D eigenvalue weighted by molar-refractivity contribution is 7.89. The number of aryl methyl sites for hydroxylation is 2. The highest BCUT2D eigenvalue weighted by atomic mass is 32.2. The zero-order valence-corrected chi connectivity index (χ0v) is 46.0. The number of rotatable bonds is 30. The summed E-state index contributed by atoms with van der Waals surface area (Å²) in [4.78, 5) is 112. The quantitative estimate of drug-likeness (QED) is 0.0257. The molecule has 0 amide bonds. The molecule has 464 valence electrons. The van der Waals surface area contributed by atoms with Crippen LogP contribution in [0.15, 0.2) is 79.1 Å². The molecule has 0 aromatic heterocycles. The Kier molecular flexibility index (Phi) is 44.2. The van der Waals surface area contributed by atoms with E-state index in [1.807, 2.05) is 0 Å². The second-order valence-electron chi connectivity index (χ2n) is 16.3. The minimum absolute atomic E-state index is 0.0105. The van der Waals surface area contributed by atoms with E-state index in [1.165, 1.54) is 24.3 Å². The predicted octanol–water partition coefficient (Wildman–Crippen LogP) is 1.79. The Hall–Kier alpha value is -9.09. The summed E-state index contributed by atoms with van der Waals surface area (Å²) >= 11 is 0. The fourth-order valence-electron chi connectivity index (χ4n) is 5.06. The Bertz CT molecular complexity index is 2710. The third-order valence-corrected chi connectivity index (χ3v) is 10.5. The first-order chi connectivity index (χ1) is 38.3. The van der Waals surface area contributed by atoms with Crippen molar-refractivity contribution in [3.8, 4) is 0 Å². The van der Waals surface area contributed by atoms with Crippen molar-refractivity contribution in [3.63, 3.8) is 0 Å². The molecule has 32 nitrogen and oxygen atoms in total. The summed E-state index contributed by atoms with van der Waals surface area (Å²) in [6.45, 7) is 3.21. The lowest BCUT2D eigenvalue weighted by Gasteiger charge is -2.01. The summed E-state index contributed by atoms with van der Waals surface area (Å²) in [7, 11) is -6.97. The van der Waals surface area contributed by atoms with Crippen molar-refractivity contribution < 1.29 is 131 Å². The third kappa shape index (κ3) is 58.9. The Morgan fingerprint density at radius 3 is 0.988 bits per heavy atom. The number of aliphatic hydroxyl groups excluding tert-OH is 1. The summed E-state index contributed by atoms with van der Waals surface area (Å²) in [6.07, 6.45) is 3.88. The van der Waals surface area contributed by atoms with E-state index in [0.29, 0.717) is 25.7 Å². The highest BCUT2D eigenvalue weighted by Gasteiger charge is 2.10. The average Bonchev–Trinajstić information content (AvgIpc) is 3.35. The summed E-state index contributed by atoms with van der Waals surface area (Å²) in [5.74, 6) is -11.5. The number of primary sulfonamides is 2. The smallest absolute Gasteiger partial charge is 0.335 e. The first kappa shape index (κ1) is 80.4. The van der Waals surface area contributed by atoms with E-state index in [-0.39, 0.29) is 97.7 Å². The first-order valence-corrected chi connectivity index (χ1v) is 27.0. The van der Waals surface area contributed by atoms with Gasteiger partial charge in [0.2, 0.25) is 20.0 Å². The maximum atomic E-state index is 10.6. The number of hydrogen-bond acceptors (Lipinski definition) is 19. The largest absolute Gasteiger partial charge is 0.513 e. The predicted molar refractivity (Wildman–Crippen MR) is 292 cm³/mol. The number of nitrogen functional groups attached to an aromatic ring is 1. The fourth-order valence-corrected chi connectivity index (χ4v) is 6.07. The van der Waals surface area contributed by atoms with Crippen molar-refractivity contribution in [3.05, 3.63) is 112 Å². The number of carboxylic acid groups (broad SMARTS) is 11. The molecule has 3 rings (SSSR count). The molecule has 0 saturated heterocycles. The Labute approximate surface area is 474 Å². The number of hydrogen-bond donors (Lipinski definition) is 17. The third-order valence-electron chi connectivity index (χ3n) is 8.89. The van der Waals surface area contributed by atoms with Crippen molar-refractivity contribution in [1.82, 2.24) is 10.6 Å². The van der Waals surface area contributed by atoms with Crippen molar-refractivity contribution in [2.24, 2.45) is 10.3 Å². The lowest BCUT2D eigenvalue weighted by atomic mass is 10.1. The highest BCUT2D eigenvalue weighted by Crippen LogP contribution is 2.13. The van der Waals surface area contributed by atoms with E-state index in [1.54, 1.807) is 36.4 Å². The number of allylic oxidation sites excluding steroid dienone is 1. The SMILES string of the molecule is C=C(O)CCCS(N)(=O)=O.NS(=O)(=O)CCC(=O)O.Nc1cc(C(=O)O)cc(C(=O)O)c1.O=C(O)CCCCc1ccc(C(=O)O)cc1.O=C(O)CCCc1ccc(C(=O)O)cc1.O=C(O)CCNCC(=O)O.O=C(O)CCNCC(=O)O. The van der Waals surface area contributed by atoms with Gasteiger partial charge in [-0.15, -0.1) is 0 Å². The molecule has 0 fully saturated rings. The zero-order valence-electron chi connectivity index (χ0n) is 44.3. The summed E-state index contributed by atoms with van der Waals surface area (Å²) in [5.41, 5.74) is 7.69. The van der Waals surface area contributed by atoms with Crippen LogP contribution in [-0.4, -0.2) is 181 Å². The van der Waals surface area contributed by atoms with E-state index in [9.17, 15) is 69.6 Å². The summed E-state index contributed by atoms with van der Waals surface area (Å²) in [6, 6.07) is 16.6. The maximum absolute atomic E-state index is 10.6. The standard InChI is InChI=1S/C12H14O4.C11H12O4.C8H7NO4.2C5H9NO4.C5H11NO3S.C3H7NO4S/c13-11(14)4-2-1-3-9-5-7-10(8-6-9)12(15)16;12-10(13)3-1-2-8-4-6-9(7-5-8)11(14)15;9-6-2-4(7(10)11)1-5(3-6)8(12)13;2*7-4(8)1-2-6-3-5(9)10;1-5(7)3-2-4-10(6,8)9;4-9(7,8)2-1-3(5)6/h5-8H,1-4H2,(H,13,14)(H,15,16);4-7H,1-3H2,(H,12,13)(H,14,15);1-3H,9H2,(H,10,11)(H,12,13);2*6H,1-3H2,(H,7,8)(H,9,10);7H,1-4H2,(H2,6,8,9);1-2H2,(H,5,6)(H2,4,7,8). The van der Waals surface area contributed by atoms with Crippen molar-refractivity contribution in [2.45, 2.75) is 77.0 Å². The van der Waals surface area contributed by atoms with Crippen LogP contribution in [0.2, 0.25) is 0 Å². The van der Waals surface area contributed by atoms with Gasteiger partial charge in [0.1, 0.15) is 0 Å². The summed E-state index contributed by atoms with van der Waals surface area (Å²) < 4.78 is 40.7. The Balaban J connectivity index is -0.000000444. The van der Waals surface area contributed by atoms with Crippen molar-refractivity contribution in [2.75, 3.05) is 43.4 Å². The van der Waals surface area contributed by atoms with E-state index in [0.717, 1.165) is 30.0 Å². The second kappa shape index (κ2) is 45.6. The molecule has 20 N–H and O–H groups in total. The van der Waals surface area contributed by atoms with Gasteiger partial charge in [-0.25, -0.2) is 46.3 Å². The molecule has 0 radical (unpaired) electrons. The Morgan fingerprint density at radius 1 is 0.386 bits per heavy atom. The molecule has 83 heavy (non-hydrogen) atoms. The molecule has 0 spiro atoms. The molecular formula is C49H69N5O27S2. The number of aliphatic carboxylic acids is 7. The van der Waals surface area contributed by atoms with Gasteiger partial charge < -0.3 is 77.6 Å². The van der Waals surface area contributed by atoms with Gasteiger partial charge >= 0.3 is 65.7 Å². The second-order valence-corrected chi connectivity index (χ2v) is 19.8. The van der Waals surface area contributed by atoms with Gasteiger partial charge in [0, 0.05) is 38.0 Å². The van der Waals surface area contributed by atoms with Gasteiger partial charge in [0.05, 0.1) is 71.9 Å². The molecule has 0 unspecified atom stereocenters. The topological polar surface area (TPSA) is 601 Å². The number of nitrogens with one attached hydrogen (secondary N) is 2. The van der Waals surface area contributed by atoms with Crippen LogP contribution in [0, 0.1) is 0 Å². The number of sulfonamides is 2. The summed E-state index contributed by atoms with van der Waals surface area (Å²) in [5, 5.41) is 114. The molecule has 0 bridgehead atoms. The molecule has 34 heteroatoms. The zero-order chi connectivity index (χ0) is 64.9. The van der Waals surface area contributed by atoms with Crippen LogP contribution in [0.3, 0.4) is 0 Å². The van der Waals surface area contributed by atoms with Crippen LogP contribution >= 0.6 is 0 Å². The lowest BCUT2D eigenvalue weighted by Crippen LogP contribution is -2.24. The van der Waals surface area contributed by atoms with Crippen molar-refractivity contribution >= 4 is 91.4 Å². The van der Waals surface area contributed by atoms with Crippen LogP contribution in [0.5, 0.6) is 0 Å². The van der Waals surface area contributed by atoms with Crippen LogP contribution < -0.4 is 26.6 Å². The minimum Gasteiger partial charge on any atom is -0.513 e. The van der Waals surface area contributed by atoms with Crippen LogP contribution in [-0.2, 0) is 66.4 Å². The molecule has 0 heterocycles. The van der Waals surface area contributed by atoms with Gasteiger partial charge in [-0.3, -0.25) is 33.6 Å². The number of benzene rings is 3. The average molecular weight is 1220 g/mol. The van der Waals surface area contributed by atoms with E-state index < -0.39 is 97.9 Å². The van der Waals surface area contributed by atoms with Gasteiger partial charge in [0.15, 0.2) is 0 Å². The fraction of sp³-hybridized carbons (Fsp3) is 0.367. The molecular weight excluding hydrogens is 1150 g/mol. The molecule has 3 aromatic carbocycles. The van der Waals surface area contributed by atoms with Gasteiger partial charge in [-0.1, -0.05) is 30.8 Å². The number of aliphatic hydroxyl groups is 1. The van der Waals surface area contributed by atoms with Crippen LogP contribution in [0.4, 0.5) is 5.69 Å². The number of unbranched alkanes of at least 4 members (excludes halogenated alkanes) is 1. The lowest BCUT2D eigenvalue weighted by molar-refractivity contribution is -0.138. The molecule has 0 atom stereocenters. The number of nitrogens with two attached hydrogens (primary N) is 3. The van der Waals surface area contributed by atoms with Gasteiger partial charge in [-0.05, 0) is 92.1 Å². The normalized spacial score (nSPS) is 10.0. The number of carboxylic acids is 11. The van der Waals surface area contributed by atoms with E-state index in [4.69, 9.17) is 67.0 Å². The Morgan fingerprint density at radius 2 is 0.711 bits per heavy atom. The number of carbonyl (C=O) groups is 11. The molecule has 0 aliphatic heterocycles. The molecule has 0 aliphatic rings.